The van der Waals surface area contributed by atoms with Crippen molar-refractivity contribution in [2.45, 2.75) is 44.1 Å². The van der Waals surface area contributed by atoms with Gasteiger partial charge >= 0.3 is 0 Å². The van der Waals surface area contributed by atoms with Crippen LogP contribution in [0.1, 0.15) is 42.8 Å². The van der Waals surface area contributed by atoms with Gasteiger partial charge in [-0.1, -0.05) is 21.9 Å². The molecule has 2 aromatic heterocycles. The average molecular weight is 420 g/mol. The van der Waals surface area contributed by atoms with Gasteiger partial charge in [-0.2, -0.15) is 0 Å². The zero-order chi connectivity index (χ0) is 23.0. The lowest BCUT2D eigenvalue weighted by Gasteiger charge is -2.45. The molecular formula is C21H33B6N5. The number of nitrogens with two attached hydrogens (primary N) is 1. The molecule has 4 rings (SSSR count). The molecule has 2 heterocycles. The second-order valence-electron chi connectivity index (χ2n) is 9.96. The fourth-order valence-electron chi connectivity index (χ4n) is 5.31. The highest BCUT2D eigenvalue weighted by Gasteiger charge is 2.39. The average Bonchev–Trinajstić information content (AvgIpc) is 3.14. The number of aromatic nitrogens is 3. The van der Waals surface area contributed by atoms with Gasteiger partial charge in [0.15, 0.2) is 7.85 Å². The maximum absolute atomic E-state index is 5.84. The molecule has 1 atom stereocenters. The number of nitrogens with one attached hydrogen (secondary N) is 1. The zero-order valence-corrected chi connectivity index (χ0v) is 20.7. The first-order valence-electron chi connectivity index (χ1n) is 12.1. The third-order valence-corrected chi connectivity index (χ3v) is 7.79. The Balaban J connectivity index is 1.74. The number of fused-ring (bicyclic) bond motifs is 2. The molecule has 1 aliphatic carbocycles. The molecule has 0 saturated heterocycles. The summed E-state index contributed by atoms with van der Waals surface area (Å²) in [5.41, 5.74) is 17.2. The van der Waals surface area contributed by atoms with Gasteiger partial charge in [0.2, 0.25) is 0 Å². The second kappa shape index (κ2) is 9.18. The summed E-state index contributed by atoms with van der Waals surface area (Å²) in [6.07, 6.45) is 5.57. The number of imidazole rings is 1. The van der Waals surface area contributed by atoms with Crippen LogP contribution in [0.5, 0.6) is 0 Å². The van der Waals surface area contributed by atoms with Crippen molar-refractivity contribution in [1.29, 1.82) is 0 Å². The highest BCUT2D eigenvalue weighted by Crippen LogP contribution is 2.36. The van der Waals surface area contributed by atoms with Crippen molar-refractivity contribution in [1.82, 2.24) is 19.9 Å². The smallest absolute Gasteiger partial charge is 0.163 e. The molecule has 1 aliphatic rings. The second-order valence-corrected chi connectivity index (χ2v) is 9.96. The summed E-state index contributed by atoms with van der Waals surface area (Å²) in [6, 6.07) is 4.41. The lowest BCUT2D eigenvalue weighted by atomic mass is 9.61. The van der Waals surface area contributed by atoms with Crippen LogP contribution in [-0.2, 0) is 18.4 Å². The first kappa shape index (κ1) is 23.3. The number of nitrogens with zero attached hydrogens (tertiary/aromatic N) is 3. The molecule has 3 aromatic rings. The van der Waals surface area contributed by atoms with E-state index in [0.717, 1.165) is 67.8 Å². The van der Waals surface area contributed by atoms with Gasteiger partial charge in [0, 0.05) is 5.44 Å². The standard InChI is InChI=1S/C21H33B6N5/c22-12-8-14-15(9-13(12)23)30-16(29-14)10-32(7-2-1-6-28)21(27)5-3-4-11-17(24)18(25)20(26)31-19(11)21/h8-9H,1-7,10,22-28H2,(H,29,30)/t21-/m0/s1. The van der Waals surface area contributed by atoms with Crippen molar-refractivity contribution in [3.63, 3.8) is 0 Å². The lowest BCUT2D eigenvalue weighted by molar-refractivity contribution is 0.123. The minimum absolute atomic E-state index is 0.101. The van der Waals surface area contributed by atoms with E-state index in [9.17, 15) is 0 Å². The zero-order valence-electron chi connectivity index (χ0n) is 20.7. The highest BCUT2D eigenvalue weighted by atomic mass is 15.2. The summed E-state index contributed by atoms with van der Waals surface area (Å²) >= 11 is 0. The Morgan fingerprint density at radius 1 is 1.03 bits per heavy atom. The van der Waals surface area contributed by atoms with Crippen LogP contribution in [-0.4, -0.2) is 80.0 Å². The van der Waals surface area contributed by atoms with Crippen molar-refractivity contribution in [3.8, 4) is 0 Å². The monoisotopic (exact) mass is 421 g/mol. The third-order valence-electron chi connectivity index (χ3n) is 7.79. The first-order chi connectivity index (χ1) is 15.2. The van der Waals surface area contributed by atoms with E-state index < -0.39 is 0 Å². The summed E-state index contributed by atoms with van der Waals surface area (Å²) in [5, 5.41) is 0. The summed E-state index contributed by atoms with van der Waals surface area (Å²) in [5.74, 6) is 1.03. The molecule has 3 N–H and O–H groups in total. The number of unbranched alkanes of at least 4 members (excludes halogenated alkanes) is 1. The summed E-state index contributed by atoms with van der Waals surface area (Å²) in [7, 11) is 13.3. The summed E-state index contributed by atoms with van der Waals surface area (Å²) in [4.78, 5) is 16.4. The van der Waals surface area contributed by atoms with Gasteiger partial charge in [-0.25, -0.2) is 4.98 Å². The third kappa shape index (κ3) is 4.22. The van der Waals surface area contributed by atoms with E-state index >= 15 is 0 Å². The maximum atomic E-state index is 5.84. The van der Waals surface area contributed by atoms with Crippen LogP contribution >= 0.6 is 0 Å². The Labute approximate surface area is 197 Å². The number of benzene rings is 1. The Kier molecular flexibility index (Phi) is 6.69. The van der Waals surface area contributed by atoms with Crippen LogP contribution in [0, 0.1) is 0 Å². The number of H-pyrrole nitrogens is 1. The number of rotatable bonds is 7. The van der Waals surface area contributed by atoms with Crippen LogP contribution in [0.15, 0.2) is 12.1 Å². The van der Waals surface area contributed by atoms with Gasteiger partial charge in [0.05, 0.1) is 23.3 Å². The quantitative estimate of drug-likeness (QED) is 0.295. The van der Waals surface area contributed by atoms with E-state index in [-0.39, 0.29) is 5.44 Å². The molecular weight excluding hydrogens is 387 g/mol. The Bertz CT molecular complexity index is 1110. The predicted octanol–water partition coefficient (Wildman–Crippen LogP) is -6.39. The fourth-order valence-corrected chi connectivity index (χ4v) is 5.31. The van der Waals surface area contributed by atoms with Crippen molar-refractivity contribution in [3.05, 3.63) is 29.2 Å². The molecule has 0 aliphatic heterocycles. The molecule has 160 valence electrons. The fraction of sp³-hybridized carbons (Fsp3) is 0.429. The Morgan fingerprint density at radius 3 is 2.53 bits per heavy atom. The molecule has 0 spiro atoms. The van der Waals surface area contributed by atoms with Crippen LogP contribution in [0.2, 0.25) is 0 Å². The number of hydrogen-bond acceptors (Lipinski definition) is 4. The molecule has 0 unspecified atom stereocenters. The SMILES string of the molecule is Bc1cc2nc(CN(CCCCN)[C@@]3(B)CCCc4c3nc(B)c(B)c4B)[nH]c2cc1B. The van der Waals surface area contributed by atoms with Crippen molar-refractivity contribution < 1.29 is 0 Å². The predicted molar refractivity (Wildman–Crippen MR) is 153 cm³/mol. The van der Waals surface area contributed by atoms with Crippen LogP contribution < -0.4 is 33.2 Å². The van der Waals surface area contributed by atoms with Gasteiger partial charge in [-0.15, -0.1) is 0 Å². The molecule has 32 heavy (non-hydrogen) atoms. The number of pyridine rings is 1. The van der Waals surface area contributed by atoms with Gasteiger partial charge in [0.1, 0.15) is 45.1 Å². The topological polar surface area (TPSA) is 70.8 Å². The van der Waals surface area contributed by atoms with E-state index in [1.165, 1.54) is 39.5 Å². The number of hydrogen-bond donors (Lipinski definition) is 2. The van der Waals surface area contributed by atoms with Gasteiger partial charge in [0.25, 0.3) is 0 Å². The first-order valence-corrected chi connectivity index (χ1v) is 12.1. The molecule has 0 fully saturated rings. The normalized spacial score (nSPS) is 18.3. The van der Waals surface area contributed by atoms with Crippen molar-refractivity contribution in [2.24, 2.45) is 5.73 Å². The van der Waals surface area contributed by atoms with Crippen LogP contribution in [0.4, 0.5) is 0 Å². The summed E-state index contributed by atoms with van der Waals surface area (Å²) < 4.78 is 0. The largest absolute Gasteiger partial charge is 0.341 e. The van der Waals surface area contributed by atoms with E-state index in [0.29, 0.717) is 0 Å². The molecule has 0 amide bonds. The number of aromatic amines is 1. The molecule has 0 radical (unpaired) electrons. The molecule has 1 aromatic carbocycles. The van der Waals surface area contributed by atoms with Crippen molar-refractivity contribution >= 4 is 85.6 Å². The van der Waals surface area contributed by atoms with Crippen LogP contribution in [0.3, 0.4) is 0 Å². The summed E-state index contributed by atoms with van der Waals surface area (Å²) in [6.45, 7) is 2.52. The van der Waals surface area contributed by atoms with Crippen LogP contribution in [0.25, 0.3) is 11.0 Å². The Hall–Kier alpha value is -1.85. The molecule has 0 bridgehead atoms. The van der Waals surface area contributed by atoms with Gasteiger partial charge in [-0.05, 0) is 68.5 Å². The molecule has 11 heteroatoms. The van der Waals surface area contributed by atoms with E-state index in [2.05, 4.69) is 69.1 Å². The van der Waals surface area contributed by atoms with E-state index in [4.69, 9.17) is 15.7 Å². The van der Waals surface area contributed by atoms with Crippen molar-refractivity contribution in [2.75, 3.05) is 13.1 Å². The van der Waals surface area contributed by atoms with Gasteiger partial charge < -0.3 is 10.7 Å². The molecule has 5 nitrogen and oxygen atoms in total. The van der Waals surface area contributed by atoms with E-state index in [1.54, 1.807) is 0 Å². The highest BCUT2D eigenvalue weighted by molar-refractivity contribution is 6.57. The lowest BCUT2D eigenvalue weighted by Crippen LogP contribution is -2.54. The minimum atomic E-state index is -0.101. The minimum Gasteiger partial charge on any atom is -0.341 e. The Morgan fingerprint density at radius 2 is 1.78 bits per heavy atom. The molecule has 0 saturated carbocycles. The van der Waals surface area contributed by atoms with Gasteiger partial charge in [-0.3, -0.25) is 9.88 Å². The van der Waals surface area contributed by atoms with E-state index in [1.807, 2.05) is 0 Å². The maximum Gasteiger partial charge on any atom is 0.163 e.